The van der Waals surface area contributed by atoms with Crippen LogP contribution in [0.5, 0.6) is 0 Å². The molecule has 0 fully saturated rings. The van der Waals surface area contributed by atoms with Crippen molar-refractivity contribution in [1.82, 2.24) is 0 Å². The third-order valence-corrected chi connectivity index (χ3v) is 2.47. The van der Waals surface area contributed by atoms with E-state index in [1.165, 1.54) is 38.5 Å². The molecule has 0 unspecified atom stereocenters. The largest absolute Gasteiger partial charge is 0.328 e. The second-order valence-electron chi connectivity index (χ2n) is 3.91. The minimum atomic E-state index is 0.407. The van der Waals surface area contributed by atoms with Gasteiger partial charge in [0.2, 0.25) is 0 Å². The molecule has 0 amide bonds. The molecule has 0 rings (SSSR count). The van der Waals surface area contributed by atoms with Gasteiger partial charge in [0.05, 0.1) is 0 Å². The number of hydrogen-bond donors (Lipinski definition) is 1. The molecule has 0 heterocycles. The number of unbranched alkanes of at least 4 members (excludes halogenated alkanes) is 4. The fourth-order valence-corrected chi connectivity index (χ4v) is 1.53. The summed E-state index contributed by atoms with van der Waals surface area (Å²) in [7, 11) is 0. The summed E-state index contributed by atoms with van der Waals surface area (Å²) < 4.78 is 0. The van der Waals surface area contributed by atoms with Crippen LogP contribution in [0.15, 0.2) is 25.3 Å². The molecule has 0 atom stereocenters. The zero-order valence-electron chi connectivity index (χ0n) is 9.38. The van der Waals surface area contributed by atoms with Crippen molar-refractivity contribution in [1.29, 1.82) is 0 Å². The van der Waals surface area contributed by atoms with E-state index in [2.05, 4.69) is 13.2 Å². The Morgan fingerprint density at radius 2 is 1.29 bits per heavy atom. The van der Waals surface area contributed by atoms with Crippen molar-refractivity contribution < 1.29 is 0 Å². The monoisotopic (exact) mass is 195 g/mol. The topological polar surface area (TPSA) is 26.0 Å². The highest BCUT2D eigenvalue weighted by molar-refractivity contribution is 4.69. The average Bonchev–Trinajstić information content (AvgIpc) is 2.19. The summed E-state index contributed by atoms with van der Waals surface area (Å²) >= 11 is 0. The van der Waals surface area contributed by atoms with Crippen molar-refractivity contribution in [3.63, 3.8) is 0 Å². The van der Waals surface area contributed by atoms with E-state index < -0.39 is 0 Å². The summed E-state index contributed by atoms with van der Waals surface area (Å²) in [6.07, 6.45) is 13.5. The van der Waals surface area contributed by atoms with Crippen molar-refractivity contribution in [2.75, 3.05) is 0 Å². The van der Waals surface area contributed by atoms with Crippen LogP contribution in [0, 0.1) is 0 Å². The lowest BCUT2D eigenvalue weighted by Crippen LogP contribution is -2.19. The van der Waals surface area contributed by atoms with Crippen molar-refractivity contribution in [3.8, 4) is 0 Å². The van der Waals surface area contributed by atoms with Gasteiger partial charge in [-0.25, -0.2) is 0 Å². The first-order chi connectivity index (χ1) is 6.81. The van der Waals surface area contributed by atoms with E-state index in [4.69, 9.17) is 5.73 Å². The van der Waals surface area contributed by atoms with Gasteiger partial charge in [0.25, 0.3) is 0 Å². The SMILES string of the molecule is C=CCCCCC(N)CCCCC=C. The van der Waals surface area contributed by atoms with Crippen LogP contribution in [0.4, 0.5) is 0 Å². The van der Waals surface area contributed by atoms with E-state index in [0.29, 0.717) is 6.04 Å². The van der Waals surface area contributed by atoms with Crippen LogP contribution in [0.2, 0.25) is 0 Å². The number of rotatable bonds is 10. The Bertz CT molecular complexity index is 124. The molecule has 0 aromatic heterocycles. The molecule has 0 aliphatic heterocycles. The smallest absolute Gasteiger partial charge is 0.00388 e. The molecule has 0 aliphatic carbocycles. The van der Waals surface area contributed by atoms with E-state index >= 15 is 0 Å². The third kappa shape index (κ3) is 9.53. The minimum Gasteiger partial charge on any atom is -0.328 e. The lowest BCUT2D eigenvalue weighted by Gasteiger charge is -2.10. The van der Waals surface area contributed by atoms with Crippen LogP contribution >= 0.6 is 0 Å². The van der Waals surface area contributed by atoms with E-state index in [0.717, 1.165) is 12.8 Å². The maximum Gasteiger partial charge on any atom is 0.00388 e. The van der Waals surface area contributed by atoms with Gasteiger partial charge in [-0.3, -0.25) is 0 Å². The first-order valence-corrected chi connectivity index (χ1v) is 5.78. The van der Waals surface area contributed by atoms with Gasteiger partial charge in [0.15, 0.2) is 0 Å². The minimum absolute atomic E-state index is 0.407. The molecule has 2 N–H and O–H groups in total. The molecular formula is C13H25N. The highest BCUT2D eigenvalue weighted by atomic mass is 14.6. The molecule has 0 saturated carbocycles. The van der Waals surface area contributed by atoms with Gasteiger partial charge in [0.1, 0.15) is 0 Å². The van der Waals surface area contributed by atoms with Gasteiger partial charge in [-0.2, -0.15) is 0 Å². The van der Waals surface area contributed by atoms with E-state index in [1.807, 2.05) is 12.2 Å². The molecule has 82 valence electrons. The van der Waals surface area contributed by atoms with Crippen molar-refractivity contribution >= 4 is 0 Å². The zero-order chi connectivity index (χ0) is 10.6. The van der Waals surface area contributed by atoms with Crippen LogP contribution in [-0.4, -0.2) is 6.04 Å². The van der Waals surface area contributed by atoms with Gasteiger partial charge in [-0.05, 0) is 38.5 Å². The molecule has 0 spiro atoms. The van der Waals surface area contributed by atoms with Crippen LogP contribution in [0.1, 0.15) is 51.4 Å². The summed E-state index contributed by atoms with van der Waals surface area (Å²) in [5.41, 5.74) is 5.99. The van der Waals surface area contributed by atoms with E-state index in [9.17, 15) is 0 Å². The second-order valence-corrected chi connectivity index (χ2v) is 3.91. The van der Waals surface area contributed by atoms with Crippen LogP contribution in [0.25, 0.3) is 0 Å². The number of allylic oxidation sites excluding steroid dienone is 2. The molecule has 1 nitrogen and oxygen atoms in total. The molecule has 1 heteroatoms. The molecule has 0 radical (unpaired) electrons. The predicted octanol–water partition coefficient (Wildman–Crippen LogP) is 3.81. The second kappa shape index (κ2) is 10.5. The summed E-state index contributed by atoms with van der Waals surface area (Å²) in [6, 6.07) is 0.407. The van der Waals surface area contributed by atoms with Crippen molar-refractivity contribution in [2.24, 2.45) is 5.73 Å². The Balaban J connectivity index is 3.14. The fourth-order valence-electron chi connectivity index (χ4n) is 1.53. The Morgan fingerprint density at radius 3 is 1.64 bits per heavy atom. The van der Waals surface area contributed by atoms with Crippen LogP contribution < -0.4 is 5.73 Å². The molecular weight excluding hydrogens is 170 g/mol. The van der Waals surface area contributed by atoms with Gasteiger partial charge in [0, 0.05) is 6.04 Å². The van der Waals surface area contributed by atoms with Gasteiger partial charge < -0.3 is 5.73 Å². The highest BCUT2D eigenvalue weighted by Gasteiger charge is 2.00. The van der Waals surface area contributed by atoms with Crippen molar-refractivity contribution in [2.45, 2.75) is 57.4 Å². The summed E-state index contributed by atoms with van der Waals surface area (Å²) in [6.45, 7) is 7.41. The standard InChI is InChI=1S/C13H25N/c1-3-5-7-9-11-13(14)12-10-8-6-4-2/h3-4,13H,1-2,5-12,14H2. The first-order valence-electron chi connectivity index (χ1n) is 5.78. The number of nitrogens with two attached hydrogens (primary N) is 1. The summed E-state index contributed by atoms with van der Waals surface area (Å²) in [5.74, 6) is 0. The Hall–Kier alpha value is -0.560. The average molecular weight is 195 g/mol. The molecule has 0 bridgehead atoms. The molecule has 14 heavy (non-hydrogen) atoms. The predicted molar refractivity (Wildman–Crippen MR) is 65.3 cm³/mol. The maximum absolute atomic E-state index is 5.99. The van der Waals surface area contributed by atoms with Gasteiger partial charge >= 0.3 is 0 Å². The zero-order valence-corrected chi connectivity index (χ0v) is 9.38. The lowest BCUT2D eigenvalue weighted by atomic mass is 10.0. The van der Waals surface area contributed by atoms with Crippen LogP contribution in [-0.2, 0) is 0 Å². The number of hydrogen-bond acceptors (Lipinski definition) is 1. The lowest BCUT2D eigenvalue weighted by molar-refractivity contribution is 0.509. The quantitative estimate of drug-likeness (QED) is 0.416. The Kier molecular flexibility index (Phi) is 10.1. The third-order valence-electron chi connectivity index (χ3n) is 2.47. The normalized spacial score (nSPS) is 10.4. The first kappa shape index (κ1) is 13.4. The highest BCUT2D eigenvalue weighted by Crippen LogP contribution is 2.09. The van der Waals surface area contributed by atoms with E-state index in [-0.39, 0.29) is 0 Å². The van der Waals surface area contributed by atoms with E-state index in [1.54, 1.807) is 0 Å². The maximum atomic E-state index is 5.99. The Labute approximate surface area is 89.1 Å². The summed E-state index contributed by atoms with van der Waals surface area (Å²) in [5, 5.41) is 0. The molecule has 0 aromatic rings. The van der Waals surface area contributed by atoms with Gasteiger partial charge in [-0.1, -0.05) is 25.0 Å². The van der Waals surface area contributed by atoms with Crippen LogP contribution in [0.3, 0.4) is 0 Å². The summed E-state index contributed by atoms with van der Waals surface area (Å²) in [4.78, 5) is 0. The van der Waals surface area contributed by atoms with Gasteiger partial charge in [-0.15, -0.1) is 13.2 Å². The fraction of sp³-hybridized carbons (Fsp3) is 0.692. The van der Waals surface area contributed by atoms with Crippen molar-refractivity contribution in [3.05, 3.63) is 25.3 Å². The molecule has 0 saturated heterocycles. The Morgan fingerprint density at radius 1 is 0.857 bits per heavy atom. The molecule has 0 aromatic carbocycles. The molecule has 0 aliphatic rings.